The van der Waals surface area contributed by atoms with Crippen molar-refractivity contribution in [1.82, 2.24) is 9.97 Å². The minimum atomic E-state index is 0.327. The van der Waals surface area contributed by atoms with Crippen LogP contribution in [0.5, 0.6) is 0 Å². The first-order valence-electron chi connectivity index (χ1n) is 5.83. The first kappa shape index (κ1) is 13.3. The molecule has 0 bridgehead atoms. The number of rotatable bonds is 5. The van der Waals surface area contributed by atoms with Gasteiger partial charge in [0.25, 0.3) is 0 Å². The van der Waals surface area contributed by atoms with Gasteiger partial charge in [-0.05, 0) is 19.1 Å². The lowest BCUT2D eigenvalue weighted by molar-refractivity contribution is 0.750. The van der Waals surface area contributed by atoms with E-state index in [0.29, 0.717) is 11.7 Å². The normalized spacial score (nSPS) is 11.1. The molecule has 0 atom stereocenters. The van der Waals surface area contributed by atoms with E-state index in [4.69, 9.17) is 5.73 Å². The van der Waals surface area contributed by atoms with E-state index < -0.39 is 0 Å². The molecule has 1 aromatic heterocycles. The first-order valence-corrected chi connectivity index (χ1v) is 6.81. The van der Waals surface area contributed by atoms with Gasteiger partial charge in [0.1, 0.15) is 16.7 Å². The van der Waals surface area contributed by atoms with Crippen LogP contribution in [0.25, 0.3) is 0 Å². The van der Waals surface area contributed by atoms with Gasteiger partial charge in [-0.3, -0.25) is 0 Å². The number of nitrogen functional groups attached to an aromatic ring is 1. The molecule has 0 aliphatic carbocycles. The number of aromatic nitrogens is 2. The van der Waals surface area contributed by atoms with Gasteiger partial charge in [-0.15, -0.1) is 11.8 Å². The third-order valence-corrected chi connectivity index (χ3v) is 3.57. The van der Waals surface area contributed by atoms with Crippen molar-refractivity contribution in [3.05, 3.63) is 11.4 Å². The lowest BCUT2D eigenvalue weighted by Crippen LogP contribution is -2.05. The van der Waals surface area contributed by atoms with Crippen LogP contribution in [-0.2, 0) is 0 Å². The highest BCUT2D eigenvalue weighted by atomic mass is 32.2. The van der Waals surface area contributed by atoms with Crippen LogP contribution >= 0.6 is 11.8 Å². The number of thioether (sulfide) groups is 1. The maximum Gasteiger partial charge on any atom is 0.134 e. The maximum absolute atomic E-state index is 5.90. The third-order valence-electron chi connectivity index (χ3n) is 2.41. The molecule has 16 heavy (non-hydrogen) atoms. The number of hydrogen-bond donors (Lipinski definition) is 1. The molecule has 0 aliphatic heterocycles. The van der Waals surface area contributed by atoms with Crippen molar-refractivity contribution in [3.8, 4) is 0 Å². The van der Waals surface area contributed by atoms with Crippen LogP contribution in [0.2, 0.25) is 0 Å². The van der Waals surface area contributed by atoms with E-state index in [2.05, 4.69) is 30.7 Å². The molecular weight excluding hydrogens is 218 g/mol. The lowest BCUT2D eigenvalue weighted by Gasteiger charge is -2.11. The molecule has 1 heterocycles. The first-order chi connectivity index (χ1) is 7.56. The molecule has 0 unspecified atom stereocenters. The Kier molecular flexibility index (Phi) is 5.06. The predicted molar refractivity (Wildman–Crippen MR) is 70.9 cm³/mol. The molecule has 0 amide bonds. The number of nitrogens with zero attached hydrogens (tertiary/aromatic N) is 2. The molecule has 0 saturated carbocycles. The highest BCUT2D eigenvalue weighted by Crippen LogP contribution is 2.26. The van der Waals surface area contributed by atoms with E-state index in [1.165, 1.54) is 12.8 Å². The fourth-order valence-electron chi connectivity index (χ4n) is 1.24. The van der Waals surface area contributed by atoms with E-state index in [1.807, 2.05) is 6.92 Å². The number of unbranched alkanes of at least 4 members (excludes halogenated alkanes) is 1. The molecule has 1 aromatic rings. The second-order valence-corrected chi connectivity index (χ2v) is 5.34. The third kappa shape index (κ3) is 3.37. The zero-order valence-electron chi connectivity index (χ0n) is 10.6. The van der Waals surface area contributed by atoms with Crippen molar-refractivity contribution in [2.75, 3.05) is 11.5 Å². The summed E-state index contributed by atoms with van der Waals surface area (Å²) in [5.74, 6) is 2.90. The zero-order chi connectivity index (χ0) is 12.1. The lowest BCUT2D eigenvalue weighted by atomic mass is 10.2. The molecule has 0 spiro atoms. The van der Waals surface area contributed by atoms with Crippen LogP contribution in [0.3, 0.4) is 0 Å². The molecule has 90 valence electrons. The Morgan fingerprint density at radius 3 is 2.56 bits per heavy atom. The topological polar surface area (TPSA) is 51.8 Å². The van der Waals surface area contributed by atoms with Crippen LogP contribution in [-0.4, -0.2) is 15.7 Å². The molecule has 0 radical (unpaired) electrons. The smallest absolute Gasteiger partial charge is 0.134 e. The van der Waals surface area contributed by atoms with Crippen LogP contribution < -0.4 is 5.73 Å². The number of hydrogen-bond acceptors (Lipinski definition) is 4. The summed E-state index contributed by atoms with van der Waals surface area (Å²) < 4.78 is 0. The van der Waals surface area contributed by atoms with Crippen molar-refractivity contribution in [1.29, 1.82) is 0 Å². The summed E-state index contributed by atoms with van der Waals surface area (Å²) in [6, 6.07) is 0. The van der Waals surface area contributed by atoms with Crippen molar-refractivity contribution < 1.29 is 0 Å². The molecule has 3 nitrogen and oxygen atoms in total. The molecular formula is C12H21N3S. The SMILES string of the molecule is CCCCSc1nc(C(C)C)nc(N)c1C. The van der Waals surface area contributed by atoms with Gasteiger partial charge in [0.05, 0.1) is 0 Å². The Hall–Kier alpha value is -0.770. The summed E-state index contributed by atoms with van der Waals surface area (Å²) >= 11 is 1.79. The molecule has 0 aliphatic rings. The van der Waals surface area contributed by atoms with Crippen molar-refractivity contribution in [3.63, 3.8) is 0 Å². The summed E-state index contributed by atoms with van der Waals surface area (Å²) in [4.78, 5) is 8.89. The quantitative estimate of drug-likeness (QED) is 0.486. The highest BCUT2D eigenvalue weighted by molar-refractivity contribution is 7.99. The fraction of sp³-hybridized carbons (Fsp3) is 0.667. The van der Waals surface area contributed by atoms with Crippen LogP contribution in [0.1, 0.15) is 50.9 Å². The second-order valence-electron chi connectivity index (χ2n) is 4.25. The molecule has 1 rings (SSSR count). The van der Waals surface area contributed by atoms with Gasteiger partial charge in [0.2, 0.25) is 0 Å². The van der Waals surface area contributed by atoms with Crippen LogP contribution in [0, 0.1) is 6.92 Å². The van der Waals surface area contributed by atoms with E-state index in [-0.39, 0.29) is 0 Å². The van der Waals surface area contributed by atoms with Gasteiger partial charge in [0, 0.05) is 11.5 Å². The van der Waals surface area contributed by atoms with Gasteiger partial charge in [0.15, 0.2) is 0 Å². The van der Waals surface area contributed by atoms with Crippen molar-refractivity contribution in [2.24, 2.45) is 0 Å². The highest BCUT2D eigenvalue weighted by Gasteiger charge is 2.11. The van der Waals surface area contributed by atoms with Crippen LogP contribution in [0.15, 0.2) is 5.03 Å². The van der Waals surface area contributed by atoms with E-state index >= 15 is 0 Å². The van der Waals surface area contributed by atoms with Gasteiger partial charge in [-0.25, -0.2) is 9.97 Å². The Labute approximate surface area is 102 Å². The number of nitrogens with two attached hydrogens (primary N) is 1. The second kappa shape index (κ2) is 6.09. The van der Waals surface area contributed by atoms with Gasteiger partial charge < -0.3 is 5.73 Å². The summed E-state index contributed by atoms with van der Waals surface area (Å²) in [5, 5.41) is 1.05. The molecule has 0 saturated heterocycles. The summed E-state index contributed by atoms with van der Waals surface area (Å²) in [5.41, 5.74) is 6.92. The van der Waals surface area contributed by atoms with Gasteiger partial charge >= 0.3 is 0 Å². The average molecular weight is 239 g/mol. The van der Waals surface area contributed by atoms with E-state index in [9.17, 15) is 0 Å². The monoisotopic (exact) mass is 239 g/mol. The van der Waals surface area contributed by atoms with Crippen molar-refractivity contribution >= 4 is 17.6 Å². The predicted octanol–water partition coefficient (Wildman–Crippen LogP) is 3.38. The Bertz CT molecular complexity index is 350. The van der Waals surface area contributed by atoms with Crippen LogP contribution in [0.4, 0.5) is 5.82 Å². The Balaban J connectivity index is 2.88. The minimum absolute atomic E-state index is 0.327. The Morgan fingerprint density at radius 2 is 2.00 bits per heavy atom. The summed E-state index contributed by atoms with van der Waals surface area (Å²) in [7, 11) is 0. The molecule has 2 N–H and O–H groups in total. The largest absolute Gasteiger partial charge is 0.383 e. The molecule has 0 aromatic carbocycles. The average Bonchev–Trinajstić information content (AvgIpc) is 2.24. The van der Waals surface area contributed by atoms with Crippen molar-refractivity contribution in [2.45, 2.75) is 51.5 Å². The summed E-state index contributed by atoms with van der Waals surface area (Å²) in [6.07, 6.45) is 2.43. The Morgan fingerprint density at radius 1 is 1.31 bits per heavy atom. The standard InChI is InChI=1S/C12H21N3S/c1-5-6-7-16-12-9(4)10(13)14-11(15-12)8(2)3/h8H,5-7H2,1-4H3,(H2,13,14,15). The van der Waals surface area contributed by atoms with Gasteiger partial charge in [-0.1, -0.05) is 27.2 Å². The van der Waals surface area contributed by atoms with E-state index in [1.54, 1.807) is 11.8 Å². The number of anilines is 1. The fourth-order valence-corrected chi connectivity index (χ4v) is 2.35. The minimum Gasteiger partial charge on any atom is -0.383 e. The summed E-state index contributed by atoms with van der Waals surface area (Å²) in [6.45, 7) is 8.37. The van der Waals surface area contributed by atoms with E-state index in [0.717, 1.165) is 22.2 Å². The molecule has 0 fully saturated rings. The zero-order valence-corrected chi connectivity index (χ0v) is 11.4. The van der Waals surface area contributed by atoms with Gasteiger partial charge in [-0.2, -0.15) is 0 Å². The molecule has 4 heteroatoms. The maximum atomic E-state index is 5.90.